The molecule has 0 bridgehead atoms. The molecule has 0 saturated heterocycles. The van der Waals surface area contributed by atoms with Gasteiger partial charge in [-0.1, -0.05) is 48.2 Å². The fourth-order valence-electron chi connectivity index (χ4n) is 3.99. The Balaban J connectivity index is 1.45. The molecule has 0 atom stereocenters. The van der Waals surface area contributed by atoms with E-state index in [2.05, 4.69) is 34.7 Å². The molecule has 2 aromatic carbocycles. The molecule has 4 rings (SSSR count). The standard InChI is InChI=1S/C24H28N4O2S/c1-16(2)28-21(14-30-23-17(3)8-7-9-18(23)4)25-26-24(28)31-15-22(29)27-13-12-19-10-5-6-11-20(19)27/h5-11,16H,12-15H2,1-4H3. The number of rotatable bonds is 7. The van der Waals surface area contributed by atoms with Crippen molar-refractivity contribution in [3.8, 4) is 5.75 Å². The normalized spacial score (nSPS) is 13.0. The summed E-state index contributed by atoms with van der Waals surface area (Å²) < 4.78 is 8.15. The van der Waals surface area contributed by atoms with Gasteiger partial charge in [-0.2, -0.15) is 0 Å². The van der Waals surface area contributed by atoms with Crippen LogP contribution in [0.3, 0.4) is 0 Å². The number of benzene rings is 2. The van der Waals surface area contributed by atoms with Crippen molar-refractivity contribution in [1.29, 1.82) is 0 Å². The van der Waals surface area contributed by atoms with Crippen LogP contribution in [0, 0.1) is 13.8 Å². The summed E-state index contributed by atoms with van der Waals surface area (Å²) in [6.45, 7) is 9.34. The largest absolute Gasteiger partial charge is 0.485 e. The van der Waals surface area contributed by atoms with Crippen LogP contribution in [0.4, 0.5) is 5.69 Å². The molecule has 1 aliphatic heterocycles. The van der Waals surface area contributed by atoms with E-state index in [0.29, 0.717) is 12.4 Å². The number of ether oxygens (including phenoxy) is 1. The van der Waals surface area contributed by atoms with Gasteiger partial charge in [0.05, 0.1) is 5.75 Å². The van der Waals surface area contributed by atoms with E-state index < -0.39 is 0 Å². The van der Waals surface area contributed by atoms with Crippen LogP contribution in [-0.4, -0.2) is 33.0 Å². The van der Waals surface area contributed by atoms with Crippen molar-refractivity contribution in [1.82, 2.24) is 14.8 Å². The van der Waals surface area contributed by atoms with Gasteiger partial charge in [0.2, 0.25) is 5.91 Å². The van der Waals surface area contributed by atoms with Crippen LogP contribution in [0.1, 0.15) is 42.4 Å². The maximum Gasteiger partial charge on any atom is 0.237 e. The quantitative estimate of drug-likeness (QED) is 0.501. The van der Waals surface area contributed by atoms with Crippen LogP contribution in [-0.2, 0) is 17.8 Å². The molecular weight excluding hydrogens is 408 g/mol. The Morgan fingerprint density at radius 3 is 2.58 bits per heavy atom. The van der Waals surface area contributed by atoms with E-state index in [1.165, 1.54) is 17.3 Å². The van der Waals surface area contributed by atoms with Crippen molar-refractivity contribution in [2.45, 2.75) is 51.9 Å². The molecule has 31 heavy (non-hydrogen) atoms. The first kappa shape index (κ1) is 21.4. The van der Waals surface area contributed by atoms with Gasteiger partial charge in [-0.3, -0.25) is 4.79 Å². The number of carbonyl (C=O) groups is 1. The molecule has 0 fully saturated rings. The molecular formula is C24H28N4O2S. The fraction of sp³-hybridized carbons (Fsp3) is 0.375. The van der Waals surface area contributed by atoms with Crippen molar-refractivity contribution in [2.24, 2.45) is 0 Å². The minimum atomic E-state index is 0.0987. The summed E-state index contributed by atoms with van der Waals surface area (Å²) in [5, 5.41) is 9.47. The molecule has 0 N–H and O–H groups in total. The number of fused-ring (bicyclic) bond motifs is 1. The van der Waals surface area contributed by atoms with Gasteiger partial charge in [0, 0.05) is 18.3 Å². The van der Waals surface area contributed by atoms with Crippen molar-refractivity contribution in [3.63, 3.8) is 0 Å². The van der Waals surface area contributed by atoms with E-state index in [1.54, 1.807) is 0 Å². The van der Waals surface area contributed by atoms with E-state index in [1.807, 2.05) is 55.1 Å². The molecule has 0 unspecified atom stereocenters. The highest BCUT2D eigenvalue weighted by molar-refractivity contribution is 7.99. The summed E-state index contributed by atoms with van der Waals surface area (Å²) in [4.78, 5) is 14.8. The van der Waals surface area contributed by atoms with Crippen molar-refractivity contribution in [2.75, 3.05) is 17.2 Å². The molecule has 0 saturated carbocycles. The molecule has 6 nitrogen and oxygen atoms in total. The predicted molar refractivity (Wildman–Crippen MR) is 124 cm³/mol. The van der Waals surface area contributed by atoms with E-state index in [0.717, 1.165) is 46.5 Å². The first-order valence-corrected chi connectivity index (χ1v) is 11.6. The lowest BCUT2D eigenvalue weighted by atomic mass is 10.1. The number of amides is 1. The average Bonchev–Trinajstić information content (AvgIpc) is 3.36. The van der Waals surface area contributed by atoms with Gasteiger partial charge in [0.15, 0.2) is 11.0 Å². The molecule has 2 heterocycles. The first-order chi connectivity index (χ1) is 15.0. The summed E-state index contributed by atoms with van der Waals surface area (Å²) in [6, 6.07) is 14.4. The van der Waals surface area contributed by atoms with Gasteiger partial charge in [-0.05, 0) is 56.9 Å². The SMILES string of the molecule is Cc1cccc(C)c1OCc1nnc(SCC(=O)N2CCc3ccccc32)n1C(C)C. The number of nitrogens with zero attached hydrogens (tertiary/aromatic N) is 4. The third-order valence-electron chi connectivity index (χ3n) is 5.52. The third-order valence-corrected chi connectivity index (χ3v) is 6.45. The maximum absolute atomic E-state index is 12.9. The van der Waals surface area contributed by atoms with Gasteiger partial charge < -0.3 is 14.2 Å². The number of aryl methyl sites for hydroxylation is 2. The molecule has 0 radical (unpaired) electrons. The first-order valence-electron chi connectivity index (χ1n) is 10.6. The highest BCUT2D eigenvalue weighted by atomic mass is 32.2. The van der Waals surface area contributed by atoms with Crippen molar-refractivity contribution >= 4 is 23.4 Å². The second-order valence-electron chi connectivity index (χ2n) is 8.08. The molecule has 1 amide bonds. The van der Waals surface area contributed by atoms with Crippen molar-refractivity contribution in [3.05, 3.63) is 65.0 Å². The van der Waals surface area contributed by atoms with Crippen LogP contribution >= 0.6 is 11.8 Å². The highest BCUT2D eigenvalue weighted by Crippen LogP contribution is 2.30. The van der Waals surface area contributed by atoms with Gasteiger partial charge >= 0.3 is 0 Å². The fourth-order valence-corrected chi connectivity index (χ4v) is 4.95. The molecule has 0 spiro atoms. The Labute approximate surface area is 187 Å². The summed E-state index contributed by atoms with van der Waals surface area (Å²) >= 11 is 1.44. The lowest BCUT2D eigenvalue weighted by molar-refractivity contribution is -0.116. The van der Waals surface area contributed by atoms with Crippen LogP contribution < -0.4 is 9.64 Å². The van der Waals surface area contributed by atoms with Gasteiger partial charge in [0.1, 0.15) is 12.4 Å². The number of anilines is 1. The number of hydrogen-bond donors (Lipinski definition) is 0. The minimum Gasteiger partial charge on any atom is -0.485 e. The van der Waals surface area contributed by atoms with E-state index >= 15 is 0 Å². The molecule has 3 aromatic rings. The van der Waals surface area contributed by atoms with Crippen LogP contribution in [0.5, 0.6) is 5.75 Å². The highest BCUT2D eigenvalue weighted by Gasteiger charge is 2.25. The molecule has 1 aliphatic rings. The van der Waals surface area contributed by atoms with E-state index in [4.69, 9.17) is 4.74 Å². The lowest BCUT2D eigenvalue weighted by Crippen LogP contribution is -2.30. The maximum atomic E-state index is 12.9. The zero-order chi connectivity index (χ0) is 22.0. The second kappa shape index (κ2) is 9.14. The van der Waals surface area contributed by atoms with Gasteiger partial charge in [0.25, 0.3) is 0 Å². The smallest absolute Gasteiger partial charge is 0.237 e. The molecule has 1 aromatic heterocycles. The summed E-state index contributed by atoms with van der Waals surface area (Å²) in [5.74, 6) is 2.08. The second-order valence-corrected chi connectivity index (χ2v) is 9.03. The predicted octanol–water partition coefficient (Wildman–Crippen LogP) is 4.74. The van der Waals surface area contributed by atoms with E-state index in [-0.39, 0.29) is 11.9 Å². The van der Waals surface area contributed by atoms with Gasteiger partial charge in [-0.15, -0.1) is 10.2 Å². The Kier molecular flexibility index (Phi) is 6.32. The number of aromatic nitrogens is 3. The summed E-state index contributed by atoms with van der Waals surface area (Å²) in [5.41, 5.74) is 4.46. The Morgan fingerprint density at radius 2 is 1.84 bits per heavy atom. The Morgan fingerprint density at radius 1 is 1.10 bits per heavy atom. The topological polar surface area (TPSA) is 60.3 Å². The molecule has 0 aliphatic carbocycles. The van der Waals surface area contributed by atoms with E-state index in [9.17, 15) is 4.79 Å². The van der Waals surface area contributed by atoms with Crippen LogP contribution in [0.15, 0.2) is 47.6 Å². The van der Waals surface area contributed by atoms with Crippen LogP contribution in [0.25, 0.3) is 0 Å². The summed E-state index contributed by atoms with van der Waals surface area (Å²) in [6.07, 6.45) is 0.911. The third kappa shape index (κ3) is 4.46. The Bertz CT molecular complexity index is 1070. The van der Waals surface area contributed by atoms with Crippen molar-refractivity contribution < 1.29 is 9.53 Å². The Hall–Kier alpha value is -2.80. The number of hydrogen-bond acceptors (Lipinski definition) is 5. The zero-order valence-corrected chi connectivity index (χ0v) is 19.3. The molecule has 162 valence electrons. The average molecular weight is 437 g/mol. The zero-order valence-electron chi connectivity index (χ0n) is 18.5. The lowest BCUT2D eigenvalue weighted by Gasteiger charge is -2.18. The van der Waals surface area contributed by atoms with Crippen LogP contribution in [0.2, 0.25) is 0 Å². The number of para-hydroxylation sites is 2. The molecule has 7 heteroatoms. The number of thioether (sulfide) groups is 1. The summed E-state index contributed by atoms with van der Waals surface area (Å²) in [7, 11) is 0. The minimum absolute atomic E-state index is 0.0987. The number of carbonyl (C=O) groups excluding carboxylic acids is 1. The monoisotopic (exact) mass is 436 g/mol. The van der Waals surface area contributed by atoms with Gasteiger partial charge in [-0.25, -0.2) is 0 Å².